The molecule has 1 aromatic heterocycles. The van der Waals surface area contributed by atoms with Crippen molar-refractivity contribution in [3.05, 3.63) is 94.6 Å². The maximum atomic E-state index is 13.4. The Bertz CT molecular complexity index is 1430. The largest absolute Gasteiger partial charge is 0.497 e. The molecule has 4 aromatic rings. The van der Waals surface area contributed by atoms with Crippen molar-refractivity contribution in [2.75, 3.05) is 7.11 Å². The summed E-state index contributed by atoms with van der Waals surface area (Å²) in [5.74, 6) is 1.58. The zero-order chi connectivity index (χ0) is 23.1. The number of halogens is 1. The molecular weight excluding hydrogens is 421 g/mol. The number of ketones is 1. The van der Waals surface area contributed by atoms with Gasteiger partial charge < -0.3 is 18.8 Å². The summed E-state index contributed by atoms with van der Waals surface area (Å²) in [6.07, 6.45) is 3.72. The minimum absolute atomic E-state index is 0.176. The first kappa shape index (κ1) is 20.8. The summed E-state index contributed by atoms with van der Waals surface area (Å²) < 4.78 is 32.7. The molecular formula is C27H22FNO4. The van der Waals surface area contributed by atoms with Gasteiger partial charge in [-0.1, -0.05) is 12.1 Å². The standard InChI is InChI=1S/C27H22FNO4/c1-16-24(32-15-17-5-4-6-19(28)11-17)10-8-21-26(30)25(33-27(16)21)12-18-14-29(2)23-9-7-20(31-3)13-22(18)23/h4-14H,15H2,1-3H3/b25-12-. The highest BCUT2D eigenvalue weighted by Crippen LogP contribution is 2.40. The van der Waals surface area contributed by atoms with Gasteiger partial charge in [-0.25, -0.2) is 4.39 Å². The van der Waals surface area contributed by atoms with Gasteiger partial charge in [-0.15, -0.1) is 0 Å². The van der Waals surface area contributed by atoms with Crippen molar-refractivity contribution in [3.8, 4) is 17.2 Å². The zero-order valence-corrected chi connectivity index (χ0v) is 18.5. The van der Waals surface area contributed by atoms with Crippen LogP contribution in [0.2, 0.25) is 0 Å². The Hall–Kier alpha value is -4.06. The Morgan fingerprint density at radius 3 is 2.76 bits per heavy atom. The van der Waals surface area contributed by atoms with Crippen molar-refractivity contribution in [2.24, 2.45) is 7.05 Å². The molecule has 6 heteroatoms. The van der Waals surface area contributed by atoms with Gasteiger partial charge in [-0.3, -0.25) is 4.79 Å². The third-order valence-corrected chi connectivity index (χ3v) is 5.83. The van der Waals surface area contributed by atoms with Gasteiger partial charge in [0.15, 0.2) is 5.76 Å². The van der Waals surface area contributed by atoms with Crippen LogP contribution in [-0.2, 0) is 13.7 Å². The van der Waals surface area contributed by atoms with Crippen LogP contribution in [0.15, 0.2) is 66.6 Å². The fourth-order valence-electron chi connectivity index (χ4n) is 4.10. The monoisotopic (exact) mass is 443 g/mol. The van der Waals surface area contributed by atoms with E-state index in [4.69, 9.17) is 14.2 Å². The highest BCUT2D eigenvalue weighted by atomic mass is 19.1. The molecule has 0 amide bonds. The summed E-state index contributed by atoms with van der Waals surface area (Å²) in [6.45, 7) is 2.06. The number of aryl methyl sites for hydroxylation is 1. The van der Waals surface area contributed by atoms with Gasteiger partial charge in [-0.2, -0.15) is 0 Å². The molecule has 0 aliphatic carbocycles. The van der Waals surface area contributed by atoms with E-state index in [1.807, 2.05) is 42.9 Å². The van der Waals surface area contributed by atoms with E-state index < -0.39 is 0 Å². The van der Waals surface area contributed by atoms with E-state index in [1.165, 1.54) is 12.1 Å². The molecule has 0 radical (unpaired) electrons. The molecule has 0 saturated carbocycles. The average Bonchev–Trinajstić information content (AvgIpc) is 3.30. The van der Waals surface area contributed by atoms with E-state index in [9.17, 15) is 9.18 Å². The molecule has 0 fully saturated rings. The van der Waals surface area contributed by atoms with E-state index in [-0.39, 0.29) is 24.0 Å². The number of hydrogen-bond donors (Lipinski definition) is 0. The summed E-state index contributed by atoms with van der Waals surface area (Å²) in [7, 11) is 3.58. The van der Waals surface area contributed by atoms with Crippen molar-refractivity contribution in [1.82, 2.24) is 4.57 Å². The van der Waals surface area contributed by atoms with E-state index in [1.54, 1.807) is 37.5 Å². The molecule has 166 valence electrons. The lowest BCUT2D eigenvalue weighted by Gasteiger charge is -2.11. The molecule has 2 heterocycles. The zero-order valence-electron chi connectivity index (χ0n) is 18.5. The second kappa shape index (κ2) is 8.13. The van der Waals surface area contributed by atoms with Crippen molar-refractivity contribution >= 4 is 22.8 Å². The van der Waals surface area contributed by atoms with Gasteiger partial charge in [0.05, 0.1) is 12.7 Å². The highest BCUT2D eigenvalue weighted by Gasteiger charge is 2.30. The van der Waals surface area contributed by atoms with E-state index >= 15 is 0 Å². The molecule has 0 spiro atoms. The summed E-state index contributed by atoms with van der Waals surface area (Å²) in [5, 5.41) is 0.965. The molecule has 0 unspecified atom stereocenters. The second-order valence-corrected chi connectivity index (χ2v) is 8.00. The number of benzene rings is 3. The van der Waals surface area contributed by atoms with Crippen molar-refractivity contribution in [3.63, 3.8) is 0 Å². The molecule has 5 rings (SSSR count). The number of rotatable bonds is 5. The number of carbonyl (C=O) groups excluding carboxylic acids is 1. The minimum Gasteiger partial charge on any atom is -0.497 e. The smallest absolute Gasteiger partial charge is 0.231 e. The SMILES string of the molecule is COc1ccc2c(c1)c(/C=C1\Oc3c(ccc(OCc4cccc(F)c4)c3C)C1=O)cn2C. The number of ether oxygens (including phenoxy) is 3. The first-order chi connectivity index (χ1) is 15.9. The summed E-state index contributed by atoms with van der Waals surface area (Å²) in [5.41, 5.74) is 3.83. The lowest BCUT2D eigenvalue weighted by molar-refractivity contribution is 0.101. The Labute approximate surface area is 190 Å². The van der Waals surface area contributed by atoms with Crippen LogP contribution in [0.5, 0.6) is 17.2 Å². The van der Waals surface area contributed by atoms with Gasteiger partial charge >= 0.3 is 0 Å². The maximum Gasteiger partial charge on any atom is 0.231 e. The van der Waals surface area contributed by atoms with Crippen molar-refractivity contribution in [1.29, 1.82) is 0 Å². The Kier molecular flexibility index (Phi) is 5.13. The number of aromatic nitrogens is 1. The predicted octanol–water partition coefficient (Wildman–Crippen LogP) is 5.83. The molecule has 1 aliphatic heterocycles. The lowest BCUT2D eigenvalue weighted by Crippen LogP contribution is -1.98. The normalized spacial score (nSPS) is 13.9. The van der Waals surface area contributed by atoms with Gasteiger partial charge in [-0.05, 0) is 61.0 Å². The van der Waals surface area contributed by atoms with Crippen LogP contribution in [0.25, 0.3) is 17.0 Å². The van der Waals surface area contributed by atoms with Crippen LogP contribution in [0, 0.1) is 12.7 Å². The molecule has 5 nitrogen and oxygen atoms in total. The topological polar surface area (TPSA) is 49.7 Å². The Balaban J connectivity index is 1.45. The number of Topliss-reactive ketones (excluding diaryl/α,β-unsaturated/α-hetero) is 1. The van der Waals surface area contributed by atoms with Gasteiger partial charge in [0, 0.05) is 35.3 Å². The quantitative estimate of drug-likeness (QED) is 0.364. The summed E-state index contributed by atoms with van der Waals surface area (Å²) in [6, 6.07) is 15.6. The minimum atomic E-state index is -0.309. The first-order valence-corrected chi connectivity index (χ1v) is 10.5. The number of methoxy groups -OCH3 is 1. The molecule has 3 aromatic carbocycles. The Morgan fingerprint density at radius 2 is 1.97 bits per heavy atom. The Morgan fingerprint density at radius 1 is 1.12 bits per heavy atom. The van der Waals surface area contributed by atoms with Crippen LogP contribution in [0.4, 0.5) is 4.39 Å². The van der Waals surface area contributed by atoms with Crippen LogP contribution in [0.3, 0.4) is 0 Å². The first-order valence-electron chi connectivity index (χ1n) is 10.5. The van der Waals surface area contributed by atoms with E-state index in [2.05, 4.69) is 0 Å². The summed E-state index contributed by atoms with van der Waals surface area (Å²) >= 11 is 0. The molecule has 33 heavy (non-hydrogen) atoms. The molecule has 0 atom stereocenters. The maximum absolute atomic E-state index is 13.4. The number of carbonyl (C=O) groups is 1. The molecule has 0 N–H and O–H groups in total. The van der Waals surface area contributed by atoms with E-state index in [0.717, 1.165) is 33.3 Å². The lowest BCUT2D eigenvalue weighted by atomic mass is 10.1. The van der Waals surface area contributed by atoms with Crippen molar-refractivity contribution in [2.45, 2.75) is 13.5 Å². The number of hydrogen-bond acceptors (Lipinski definition) is 4. The summed E-state index contributed by atoms with van der Waals surface area (Å²) in [4.78, 5) is 13.0. The van der Waals surface area contributed by atoms with Gasteiger partial charge in [0.1, 0.15) is 29.7 Å². The van der Waals surface area contributed by atoms with E-state index in [0.29, 0.717) is 17.1 Å². The number of allylic oxidation sites excluding steroid dienone is 1. The predicted molar refractivity (Wildman–Crippen MR) is 124 cm³/mol. The van der Waals surface area contributed by atoms with Crippen molar-refractivity contribution < 1.29 is 23.4 Å². The van der Waals surface area contributed by atoms with Crippen LogP contribution >= 0.6 is 0 Å². The number of fused-ring (bicyclic) bond motifs is 2. The van der Waals surface area contributed by atoms with Crippen LogP contribution in [0.1, 0.15) is 27.0 Å². The van der Waals surface area contributed by atoms with Crippen LogP contribution < -0.4 is 14.2 Å². The third-order valence-electron chi connectivity index (χ3n) is 5.83. The van der Waals surface area contributed by atoms with Crippen LogP contribution in [-0.4, -0.2) is 17.5 Å². The molecule has 0 bridgehead atoms. The average molecular weight is 443 g/mol. The fraction of sp³-hybridized carbons (Fsp3) is 0.148. The molecule has 0 saturated heterocycles. The van der Waals surface area contributed by atoms with Gasteiger partial charge in [0.25, 0.3) is 0 Å². The fourth-order valence-corrected chi connectivity index (χ4v) is 4.10. The van der Waals surface area contributed by atoms with Gasteiger partial charge in [0.2, 0.25) is 5.78 Å². The highest BCUT2D eigenvalue weighted by molar-refractivity contribution is 6.15. The third kappa shape index (κ3) is 3.74. The number of nitrogens with zero attached hydrogens (tertiary/aromatic N) is 1. The second-order valence-electron chi connectivity index (χ2n) is 8.00. The molecule has 1 aliphatic rings.